The number of epoxide rings is 1. The molecule has 1 aliphatic rings. The number of benzene rings is 2. The minimum atomic E-state index is -0.717. The fraction of sp³-hybridized carbons (Fsp3) is 0.400. The van der Waals surface area contributed by atoms with Crippen molar-refractivity contribution in [1.82, 2.24) is 0 Å². The monoisotopic (exact) mass is 454 g/mol. The molecular weight excluding hydrogens is 431 g/mol. The molecule has 1 heterocycles. The maximum Gasteiger partial charge on any atom is 0.115 e. The zero-order chi connectivity index (χ0) is 17.5. The van der Waals surface area contributed by atoms with E-state index in [1.54, 1.807) is 0 Å². The van der Waals surface area contributed by atoms with Crippen molar-refractivity contribution < 1.29 is 19.3 Å². The molecule has 25 heavy (non-hydrogen) atoms. The summed E-state index contributed by atoms with van der Waals surface area (Å²) in [4.78, 5) is 0. The fourth-order valence-corrected chi connectivity index (χ4v) is 3.44. The number of hydrogen-bond donors (Lipinski definition) is 1. The van der Waals surface area contributed by atoms with Gasteiger partial charge in [-0.25, -0.2) is 0 Å². The lowest BCUT2D eigenvalue weighted by Crippen LogP contribution is -2.38. The molecule has 0 bridgehead atoms. The highest BCUT2D eigenvalue weighted by atomic mass is 127. The molecule has 3 rings (SSSR count). The van der Waals surface area contributed by atoms with Gasteiger partial charge in [0.25, 0.3) is 0 Å². The second kappa shape index (κ2) is 9.64. The molecule has 2 aromatic rings. The zero-order valence-electron chi connectivity index (χ0n) is 14.0. The van der Waals surface area contributed by atoms with Crippen molar-refractivity contribution in [2.24, 2.45) is 0 Å². The molecule has 1 saturated heterocycles. The Kier molecular flexibility index (Phi) is 7.24. The molecule has 1 N–H and O–H groups in total. The molecule has 0 aromatic heterocycles. The van der Waals surface area contributed by atoms with Crippen LogP contribution in [-0.2, 0) is 27.4 Å². The first-order valence-electron chi connectivity index (χ1n) is 8.44. The van der Waals surface area contributed by atoms with Crippen LogP contribution in [0.3, 0.4) is 0 Å². The van der Waals surface area contributed by atoms with Crippen LogP contribution in [0, 0.1) is 0 Å². The molecule has 134 valence electrons. The number of halogens is 1. The van der Waals surface area contributed by atoms with Gasteiger partial charge in [0.05, 0.1) is 25.9 Å². The second-order valence-corrected chi connectivity index (χ2v) is 7.00. The van der Waals surface area contributed by atoms with Gasteiger partial charge in [-0.15, -0.1) is 0 Å². The first kappa shape index (κ1) is 18.8. The maximum atomic E-state index is 10.6. The topological polar surface area (TPSA) is 51.2 Å². The third-order valence-corrected chi connectivity index (χ3v) is 5.03. The summed E-state index contributed by atoms with van der Waals surface area (Å²) in [5.41, 5.74) is 2.17. The number of aliphatic hydroxyl groups is 1. The highest BCUT2D eigenvalue weighted by Gasteiger charge is 2.47. The molecule has 0 spiro atoms. The molecule has 2 unspecified atom stereocenters. The van der Waals surface area contributed by atoms with E-state index in [2.05, 4.69) is 22.6 Å². The van der Waals surface area contributed by atoms with E-state index in [0.717, 1.165) is 15.6 Å². The lowest BCUT2D eigenvalue weighted by Gasteiger charge is -2.22. The van der Waals surface area contributed by atoms with Crippen molar-refractivity contribution in [1.29, 1.82) is 0 Å². The third-order valence-electron chi connectivity index (χ3n) is 4.16. The van der Waals surface area contributed by atoms with E-state index < -0.39 is 6.10 Å². The summed E-state index contributed by atoms with van der Waals surface area (Å²) in [7, 11) is 0. The fourth-order valence-electron chi connectivity index (χ4n) is 2.73. The Hall–Kier alpha value is -0.990. The summed E-state index contributed by atoms with van der Waals surface area (Å²) in [6.45, 7) is 1.15. The van der Waals surface area contributed by atoms with Crippen molar-refractivity contribution in [2.75, 3.05) is 11.0 Å². The summed E-state index contributed by atoms with van der Waals surface area (Å²) in [5.74, 6) is 0. The van der Waals surface area contributed by atoms with Gasteiger partial charge in [0.1, 0.15) is 18.3 Å². The third kappa shape index (κ3) is 5.76. The number of hydrogen-bond acceptors (Lipinski definition) is 4. The van der Waals surface area contributed by atoms with Crippen molar-refractivity contribution in [2.45, 2.75) is 37.6 Å². The van der Waals surface area contributed by atoms with E-state index in [0.29, 0.717) is 13.2 Å². The van der Waals surface area contributed by atoms with Crippen LogP contribution in [0.25, 0.3) is 0 Å². The lowest BCUT2D eigenvalue weighted by molar-refractivity contribution is -0.0899. The molecule has 5 heteroatoms. The van der Waals surface area contributed by atoms with Crippen molar-refractivity contribution in [3.05, 3.63) is 71.8 Å². The molecule has 4 nitrogen and oxygen atoms in total. The zero-order valence-corrected chi connectivity index (χ0v) is 16.1. The predicted octanol–water partition coefficient (Wildman–Crippen LogP) is 3.35. The van der Waals surface area contributed by atoms with Crippen molar-refractivity contribution in [3.8, 4) is 0 Å². The summed E-state index contributed by atoms with van der Waals surface area (Å²) < 4.78 is 18.2. The van der Waals surface area contributed by atoms with Crippen molar-refractivity contribution >= 4 is 22.6 Å². The molecular formula is C20H23IO4. The second-order valence-electron chi connectivity index (χ2n) is 6.12. The summed E-state index contributed by atoms with van der Waals surface area (Å²) in [6, 6.07) is 19.9. The summed E-state index contributed by atoms with van der Waals surface area (Å²) in [6.07, 6.45) is -0.998. The van der Waals surface area contributed by atoms with Gasteiger partial charge in [0, 0.05) is 4.43 Å². The number of alkyl halides is 1. The average Bonchev–Trinajstić information content (AvgIpc) is 3.43. The van der Waals surface area contributed by atoms with E-state index in [9.17, 15) is 5.11 Å². The minimum Gasteiger partial charge on any atom is -0.388 e. The van der Waals surface area contributed by atoms with Crippen LogP contribution in [0.2, 0.25) is 0 Å². The lowest BCUT2D eigenvalue weighted by atomic mass is 10.1. The molecule has 0 radical (unpaired) electrons. The highest BCUT2D eigenvalue weighted by molar-refractivity contribution is 14.1. The van der Waals surface area contributed by atoms with E-state index >= 15 is 0 Å². The van der Waals surface area contributed by atoms with Gasteiger partial charge in [-0.1, -0.05) is 83.3 Å². The Labute approximate surface area is 162 Å². The summed E-state index contributed by atoms with van der Waals surface area (Å²) >= 11 is 2.29. The van der Waals surface area contributed by atoms with Crippen LogP contribution in [0.4, 0.5) is 0 Å². The Morgan fingerprint density at radius 2 is 1.56 bits per heavy atom. The van der Waals surface area contributed by atoms with Gasteiger partial charge in [-0.3, -0.25) is 0 Å². The molecule has 1 fully saturated rings. The van der Waals surface area contributed by atoms with Gasteiger partial charge in [0.2, 0.25) is 0 Å². The highest BCUT2D eigenvalue weighted by Crippen LogP contribution is 2.31. The number of ether oxygens (including phenoxy) is 3. The van der Waals surface area contributed by atoms with Crippen LogP contribution < -0.4 is 0 Å². The quantitative estimate of drug-likeness (QED) is 0.340. The van der Waals surface area contributed by atoms with Gasteiger partial charge < -0.3 is 19.3 Å². The number of aliphatic hydroxyl groups excluding tert-OH is 1. The minimum absolute atomic E-state index is 0.0593. The Morgan fingerprint density at radius 1 is 0.960 bits per heavy atom. The Balaban J connectivity index is 1.51. The average molecular weight is 454 g/mol. The largest absolute Gasteiger partial charge is 0.388 e. The maximum absolute atomic E-state index is 10.6. The molecule has 0 aliphatic carbocycles. The van der Waals surface area contributed by atoms with Crippen LogP contribution in [0.1, 0.15) is 11.1 Å². The molecule has 2 aromatic carbocycles. The van der Waals surface area contributed by atoms with E-state index in [4.69, 9.17) is 14.2 Å². The molecule has 0 amide bonds. The first-order chi connectivity index (χ1) is 12.3. The van der Waals surface area contributed by atoms with Gasteiger partial charge in [0.15, 0.2) is 0 Å². The van der Waals surface area contributed by atoms with Gasteiger partial charge >= 0.3 is 0 Å². The predicted molar refractivity (Wildman–Crippen MR) is 105 cm³/mol. The van der Waals surface area contributed by atoms with Crippen LogP contribution in [0.15, 0.2) is 60.7 Å². The standard InChI is InChI=1S/C20H23IO4/c21-11-18-20(25-18)19(24-13-16-9-5-2-6-10-16)17(22)14-23-12-15-7-3-1-4-8-15/h1-10,17-20,22H,11-14H2/t17-,18?,19-,20?/m1/s1. The van der Waals surface area contributed by atoms with Crippen molar-refractivity contribution in [3.63, 3.8) is 0 Å². The molecule has 0 saturated carbocycles. The van der Waals surface area contributed by atoms with Crippen LogP contribution >= 0.6 is 22.6 Å². The van der Waals surface area contributed by atoms with Crippen LogP contribution in [0.5, 0.6) is 0 Å². The Morgan fingerprint density at radius 3 is 2.12 bits per heavy atom. The Bertz CT molecular complexity index is 622. The molecule has 1 aliphatic heterocycles. The molecule has 4 atom stereocenters. The van der Waals surface area contributed by atoms with Crippen LogP contribution in [-0.4, -0.2) is 40.6 Å². The van der Waals surface area contributed by atoms with E-state index in [1.165, 1.54) is 0 Å². The van der Waals surface area contributed by atoms with Gasteiger partial charge in [-0.05, 0) is 11.1 Å². The van der Waals surface area contributed by atoms with E-state index in [-0.39, 0.29) is 24.9 Å². The SMILES string of the molecule is O[C@H](COCc1ccccc1)[C@@H](OCc1ccccc1)C1OC1CI. The smallest absolute Gasteiger partial charge is 0.115 e. The van der Waals surface area contributed by atoms with Gasteiger partial charge in [-0.2, -0.15) is 0 Å². The normalized spacial score (nSPS) is 21.7. The first-order valence-corrected chi connectivity index (χ1v) is 9.97. The number of rotatable bonds is 10. The summed E-state index contributed by atoms with van der Waals surface area (Å²) in [5, 5.41) is 10.6. The van der Waals surface area contributed by atoms with E-state index in [1.807, 2.05) is 60.7 Å².